The summed E-state index contributed by atoms with van der Waals surface area (Å²) in [5.41, 5.74) is 1.31. The van der Waals surface area contributed by atoms with E-state index in [-0.39, 0.29) is 30.2 Å². The Bertz CT molecular complexity index is 1010. The second-order valence-corrected chi connectivity index (χ2v) is 7.98. The van der Waals surface area contributed by atoms with E-state index in [1.54, 1.807) is 17.0 Å². The highest BCUT2D eigenvalue weighted by molar-refractivity contribution is 6.23. The Morgan fingerprint density at radius 3 is 2.26 bits per heavy atom. The van der Waals surface area contributed by atoms with E-state index in [9.17, 15) is 19.2 Å². The molecule has 2 fully saturated rings. The second-order valence-electron chi connectivity index (χ2n) is 7.98. The van der Waals surface area contributed by atoms with Gasteiger partial charge in [-0.2, -0.15) is 0 Å². The van der Waals surface area contributed by atoms with Crippen molar-refractivity contribution in [2.24, 2.45) is 5.92 Å². The van der Waals surface area contributed by atoms with Gasteiger partial charge in [-0.05, 0) is 49.6 Å². The van der Waals surface area contributed by atoms with E-state index in [0.29, 0.717) is 11.4 Å². The van der Waals surface area contributed by atoms with Crippen LogP contribution in [0, 0.1) is 5.92 Å². The van der Waals surface area contributed by atoms with Gasteiger partial charge in [0.05, 0.1) is 18.2 Å². The van der Waals surface area contributed by atoms with Gasteiger partial charge in [0.15, 0.2) is 0 Å². The number of carbonyl (C=O) groups excluding carboxylic acids is 4. The Balaban J connectivity index is 1.61. The van der Waals surface area contributed by atoms with Crippen LogP contribution in [0.25, 0.3) is 0 Å². The van der Waals surface area contributed by atoms with Gasteiger partial charge in [-0.25, -0.2) is 4.90 Å². The van der Waals surface area contributed by atoms with Crippen LogP contribution < -0.4 is 9.64 Å². The Morgan fingerprint density at radius 2 is 1.68 bits per heavy atom. The molecule has 0 spiro atoms. The third kappa shape index (κ3) is 4.21. The number of anilines is 1. The number of esters is 1. The molecule has 160 valence electrons. The molecule has 1 saturated heterocycles. The number of benzene rings is 2. The molecule has 1 aliphatic carbocycles. The molecular formula is C24H24N2O5. The maximum absolute atomic E-state index is 13.3. The summed E-state index contributed by atoms with van der Waals surface area (Å²) in [5.74, 6) is -1.05. The fourth-order valence-electron chi connectivity index (χ4n) is 3.98. The van der Waals surface area contributed by atoms with E-state index in [4.69, 9.17) is 4.74 Å². The molecule has 7 nitrogen and oxygen atoms in total. The van der Waals surface area contributed by atoms with Gasteiger partial charge < -0.3 is 9.64 Å². The van der Waals surface area contributed by atoms with Gasteiger partial charge in [-0.1, -0.05) is 30.3 Å². The second kappa shape index (κ2) is 8.34. The summed E-state index contributed by atoms with van der Waals surface area (Å²) >= 11 is 0. The molecule has 0 bridgehead atoms. The molecule has 1 aliphatic heterocycles. The molecule has 0 radical (unpaired) electrons. The van der Waals surface area contributed by atoms with Gasteiger partial charge in [0.2, 0.25) is 11.8 Å². The van der Waals surface area contributed by atoms with Gasteiger partial charge in [0.25, 0.3) is 5.91 Å². The molecule has 0 aromatic heterocycles. The highest BCUT2D eigenvalue weighted by Crippen LogP contribution is 2.38. The molecular weight excluding hydrogens is 396 g/mol. The molecule has 1 heterocycles. The molecule has 2 aromatic carbocycles. The first kappa shape index (κ1) is 20.8. The van der Waals surface area contributed by atoms with Crippen LogP contribution >= 0.6 is 0 Å². The average Bonchev–Trinajstić information content (AvgIpc) is 3.56. The fourth-order valence-corrected chi connectivity index (χ4v) is 3.98. The smallest absolute Gasteiger partial charge is 0.308 e. The predicted molar refractivity (Wildman–Crippen MR) is 113 cm³/mol. The van der Waals surface area contributed by atoms with Gasteiger partial charge in [-0.3, -0.25) is 19.2 Å². The highest BCUT2D eigenvalue weighted by atomic mass is 16.5. The zero-order valence-electron chi connectivity index (χ0n) is 17.5. The first-order chi connectivity index (χ1) is 14.9. The van der Waals surface area contributed by atoms with Gasteiger partial charge in [-0.15, -0.1) is 0 Å². The van der Waals surface area contributed by atoms with Gasteiger partial charge in [0.1, 0.15) is 11.8 Å². The third-order valence-electron chi connectivity index (χ3n) is 5.70. The van der Waals surface area contributed by atoms with Crippen molar-refractivity contribution in [2.75, 3.05) is 4.90 Å². The zero-order chi connectivity index (χ0) is 22.1. The van der Waals surface area contributed by atoms with E-state index >= 15 is 0 Å². The largest absolute Gasteiger partial charge is 0.427 e. The minimum absolute atomic E-state index is 0.0554. The lowest BCUT2D eigenvalue weighted by molar-refractivity contribution is -0.142. The Labute approximate surface area is 180 Å². The van der Waals surface area contributed by atoms with Crippen LogP contribution in [0.15, 0.2) is 54.6 Å². The van der Waals surface area contributed by atoms with Crippen LogP contribution in [-0.4, -0.2) is 34.6 Å². The SMILES string of the molecule is CC(=O)Oc1ccc(N2C(=O)CC(N(C(=O)C3CC3)C(C)c3ccccc3)C2=O)cc1. The normalized spacial score (nSPS) is 19.3. The van der Waals surface area contributed by atoms with Gasteiger partial charge >= 0.3 is 5.97 Å². The van der Waals surface area contributed by atoms with Crippen LogP contribution in [0.2, 0.25) is 0 Å². The molecule has 31 heavy (non-hydrogen) atoms. The minimum atomic E-state index is -0.844. The summed E-state index contributed by atoms with van der Waals surface area (Å²) in [6.45, 7) is 3.19. The summed E-state index contributed by atoms with van der Waals surface area (Å²) in [4.78, 5) is 53.1. The monoisotopic (exact) mass is 420 g/mol. The zero-order valence-corrected chi connectivity index (χ0v) is 17.5. The van der Waals surface area contributed by atoms with Crippen LogP contribution in [0.5, 0.6) is 5.75 Å². The van der Waals surface area contributed by atoms with Crippen LogP contribution in [0.1, 0.15) is 44.7 Å². The van der Waals surface area contributed by atoms with E-state index in [1.165, 1.54) is 19.1 Å². The molecule has 0 N–H and O–H groups in total. The van der Waals surface area contributed by atoms with Crippen LogP contribution in [-0.2, 0) is 19.2 Å². The maximum Gasteiger partial charge on any atom is 0.308 e. The fraction of sp³-hybridized carbons (Fsp3) is 0.333. The number of nitrogens with zero attached hydrogens (tertiary/aromatic N) is 2. The summed E-state index contributed by atoms with van der Waals surface area (Å²) in [7, 11) is 0. The molecule has 2 unspecified atom stereocenters. The third-order valence-corrected chi connectivity index (χ3v) is 5.70. The van der Waals surface area contributed by atoms with E-state index in [0.717, 1.165) is 23.3 Å². The molecule has 2 aliphatic rings. The van der Waals surface area contributed by atoms with Gasteiger partial charge in [0, 0.05) is 12.8 Å². The molecule has 7 heteroatoms. The standard InChI is InChI=1S/C24H24N2O5/c1-15(17-6-4-3-5-7-17)25(23(29)18-8-9-18)21-14-22(28)26(24(21)30)19-10-12-20(13-11-19)31-16(2)27/h3-7,10-13,15,18,21H,8-9,14H2,1-2H3. The Hall–Kier alpha value is -3.48. The number of ether oxygens (including phenoxy) is 1. The Kier molecular flexibility index (Phi) is 5.59. The lowest BCUT2D eigenvalue weighted by Crippen LogP contribution is -2.47. The molecule has 1 saturated carbocycles. The number of rotatable bonds is 6. The van der Waals surface area contributed by atoms with Crippen molar-refractivity contribution in [3.8, 4) is 5.75 Å². The number of hydrogen-bond acceptors (Lipinski definition) is 5. The quantitative estimate of drug-likeness (QED) is 0.407. The Morgan fingerprint density at radius 1 is 1.03 bits per heavy atom. The van der Waals surface area contributed by atoms with Crippen LogP contribution in [0.4, 0.5) is 5.69 Å². The summed E-state index contributed by atoms with van der Waals surface area (Å²) < 4.78 is 5.01. The summed E-state index contributed by atoms with van der Waals surface area (Å²) in [6, 6.07) is 14.5. The highest BCUT2D eigenvalue weighted by Gasteiger charge is 2.48. The number of imide groups is 1. The maximum atomic E-state index is 13.3. The molecule has 4 rings (SSSR count). The van der Waals surface area contributed by atoms with Crippen molar-refractivity contribution in [1.82, 2.24) is 4.90 Å². The number of carbonyl (C=O) groups is 4. The van der Waals surface area contributed by atoms with Crippen molar-refractivity contribution in [3.63, 3.8) is 0 Å². The molecule has 2 atom stereocenters. The van der Waals surface area contributed by atoms with Crippen molar-refractivity contribution in [2.45, 2.75) is 45.2 Å². The first-order valence-corrected chi connectivity index (χ1v) is 10.4. The van der Waals surface area contributed by atoms with Crippen molar-refractivity contribution >= 4 is 29.4 Å². The first-order valence-electron chi connectivity index (χ1n) is 10.4. The van der Waals surface area contributed by atoms with E-state index in [2.05, 4.69) is 0 Å². The van der Waals surface area contributed by atoms with Crippen molar-refractivity contribution in [1.29, 1.82) is 0 Å². The number of hydrogen-bond donors (Lipinski definition) is 0. The van der Waals surface area contributed by atoms with E-state index < -0.39 is 17.9 Å². The number of amides is 3. The molecule has 3 amide bonds. The predicted octanol–water partition coefficient (Wildman–Crippen LogP) is 3.24. The van der Waals surface area contributed by atoms with Crippen molar-refractivity contribution in [3.05, 3.63) is 60.2 Å². The lowest BCUT2D eigenvalue weighted by Gasteiger charge is -2.33. The molecule has 2 aromatic rings. The van der Waals surface area contributed by atoms with Crippen molar-refractivity contribution < 1.29 is 23.9 Å². The average molecular weight is 420 g/mol. The summed E-state index contributed by atoms with van der Waals surface area (Å²) in [5, 5.41) is 0. The lowest BCUT2D eigenvalue weighted by atomic mass is 10.0. The van der Waals surface area contributed by atoms with E-state index in [1.807, 2.05) is 37.3 Å². The minimum Gasteiger partial charge on any atom is -0.427 e. The topological polar surface area (TPSA) is 84.0 Å². The summed E-state index contributed by atoms with van der Waals surface area (Å²) in [6.07, 6.45) is 1.57. The van der Waals surface area contributed by atoms with Crippen LogP contribution in [0.3, 0.4) is 0 Å².